The number of nitrogens with zero attached hydrogens (tertiary/aromatic N) is 3. The molecule has 14 heavy (non-hydrogen) atoms. The maximum absolute atomic E-state index is 5.59. The molecule has 74 valence electrons. The predicted molar refractivity (Wildman–Crippen MR) is 58.1 cm³/mol. The second-order valence-corrected chi connectivity index (χ2v) is 4.38. The van der Waals surface area contributed by atoms with Crippen molar-refractivity contribution in [3.8, 4) is 10.6 Å². The van der Waals surface area contributed by atoms with E-state index in [2.05, 4.69) is 23.9 Å². The lowest BCUT2D eigenvalue weighted by atomic mass is 10.3. The van der Waals surface area contributed by atoms with E-state index in [1.165, 1.54) is 11.3 Å². The van der Waals surface area contributed by atoms with Crippen LogP contribution in [0.2, 0.25) is 0 Å². The van der Waals surface area contributed by atoms with Gasteiger partial charge in [0.1, 0.15) is 0 Å². The zero-order valence-corrected chi connectivity index (χ0v) is 8.95. The Kier molecular flexibility index (Phi) is 2.25. The minimum atomic E-state index is 0.350. The summed E-state index contributed by atoms with van der Waals surface area (Å²) in [6.45, 7) is 4.20. The molecule has 2 heterocycles. The van der Waals surface area contributed by atoms with Crippen molar-refractivity contribution in [1.29, 1.82) is 0 Å². The van der Waals surface area contributed by atoms with Gasteiger partial charge in [-0.05, 0) is 19.9 Å². The Labute approximate surface area is 86.4 Å². The SMILES string of the molecule is CC(C)n1nccc1-c1cnc(N)s1. The van der Waals surface area contributed by atoms with Crippen LogP contribution in [0.4, 0.5) is 5.13 Å². The first-order valence-electron chi connectivity index (χ1n) is 4.43. The molecule has 2 aromatic heterocycles. The smallest absolute Gasteiger partial charge is 0.180 e. The molecule has 0 radical (unpaired) electrons. The lowest BCUT2D eigenvalue weighted by Gasteiger charge is -2.08. The van der Waals surface area contributed by atoms with Crippen molar-refractivity contribution in [3.05, 3.63) is 18.5 Å². The van der Waals surface area contributed by atoms with Gasteiger partial charge in [0.25, 0.3) is 0 Å². The molecule has 0 saturated heterocycles. The Bertz CT molecular complexity index is 429. The van der Waals surface area contributed by atoms with E-state index in [0.717, 1.165) is 10.6 Å². The molecule has 0 spiro atoms. The number of nitrogen functional groups attached to an aromatic ring is 1. The highest BCUT2D eigenvalue weighted by atomic mass is 32.1. The summed E-state index contributed by atoms with van der Waals surface area (Å²) in [5, 5.41) is 4.85. The van der Waals surface area contributed by atoms with E-state index < -0.39 is 0 Å². The average molecular weight is 208 g/mol. The first kappa shape index (κ1) is 9.21. The fourth-order valence-electron chi connectivity index (χ4n) is 1.33. The van der Waals surface area contributed by atoms with Gasteiger partial charge < -0.3 is 5.73 Å². The first-order chi connectivity index (χ1) is 6.68. The zero-order valence-electron chi connectivity index (χ0n) is 8.14. The van der Waals surface area contributed by atoms with E-state index in [1.54, 1.807) is 12.4 Å². The molecule has 2 N–H and O–H groups in total. The molecule has 0 aromatic carbocycles. The first-order valence-corrected chi connectivity index (χ1v) is 5.25. The Balaban J connectivity index is 2.46. The van der Waals surface area contributed by atoms with Crippen molar-refractivity contribution < 1.29 is 0 Å². The van der Waals surface area contributed by atoms with Crippen LogP contribution in [0.1, 0.15) is 19.9 Å². The summed E-state index contributed by atoms with van der Waals surface area (Å²) in [4.78, 5) is 5.09. The molecule has 0 amide bonds. The standard InChI is InChI=1S/C9H12N4S/c1-6(2)13-7(3-4-12-13)8-5-11-9(10)14-8/h3-6H,1-2H3,(H2,10,11). The Morgan fingerprint density at radius 1 is 1.50 bits per heavy atom. The topological polar surface area (TPSA) is 56.7 Å². The van der Waals surface area contributed by atoms with Crippen LogP contribution < -0.4 is 5.73 Å². The minimum Gasteiger partial charge on any atom is -0.375 e. The molecule has 0 atom stereocenters. The molecule has 0 bridgehead atoms. The summed E-state index contributed by atoms with van der Waals surface area (Å²) in [5.74, 6) is 0. The Hall–Kier alpha value is -1.36. The minimum absolute atomic E-state index is 0.350. The highest BCUT2D eigenvalue weighted by Crippen LogP contribution is 2.28. The third-order valence-electron chi connectivity index (χ3n) is 1.94. The van der Waals surface area contributed by atoms with Crippen molar-refractivity contribution in [2.45, 2.75) is 19.9 Å². The highest BCUT2D eigenvalue weighted by Gasteiger charge is 2.10. The van der Waals surface area contributed by atoms with Crippen LogP contribution in [0.3, 0.4) is 0 Å². The molecule has 0 saturated carbocycles. The largest absolute Gasteiger partial charge is 0.375 e. The van der Waals surface area contributed by atoms with Gasteiger partial charge in [0.15, 0.2) is 5.13 Å². The van der Waals surface area contributed by atoms with Gasteiger partial charge in [0.05, 0.1) is 10.6 Å². The van der Waals surface area contributed by atoms with E-state index >= 15 is 0 Å². The van der Waals surface area contributed by atoms with Crippen molar-refractivity contribution in [1.82, 2.24) is 14.8 Å². The van der Waals surface area contributed by atoms with Crippen LogP contribution in [0, 0.1) is 0 Å². The maximum atomic E-state index is 5.59. The molecule has 0 aliphatic carbocycles. The van der Waals surface area contributed by atoms with E-state index in [4.69, 9.17) is 5.73 Å². The van der Waals surface area contributed by atoms with Gasteiger partial charge >= 0.3 is 0 Å². The van der Waals surface area contributed by atoms with Crippen LogP contribution in [0.5, 0.6) is 0 Å². The fourth-order valence-corrected chi connectivity index (χ4v) is 2.03. The number of aromatic nitrogens is 3. The number of hydrogen-bond acceptors (Lipinski definition) is 4. The molecule has 2 aromatic rings. The molecular weight excluding hydrogens is 196 g/mol. The average Bonchev–Trinajstić information content (AvgIpc) is 2.70. The third kappa shape index (κ3) is 1.50. The highest BCUT2D eigenvalue weighted by molar-refractivity contribution is 7.18. The van der Waals surface area contributed by atoms with Crippen LogP contribution in [-0.2, 0) is 0 Å². The van der Waals surface area contributed by atoms with Crippen LogP contribution in [0.25, 0.3) is 10.6 Å². The number of thiazole rings is 1. The van der Waals surface area contributed by atoms with Crippen molar-refractivity contribution in [3.63, 3.8) is 0 Å². The second kappa shape index (κ2) is 3.42. The van der Waals surface area contributed by atoms with E-state index in [0.29, 0.717) is 11.2 Å². The van der Waals surface area contributed by atoms with E-state index in [-0.39, 0.29) is 0 Å². The predicted octanol–water partition coefficient (Wildman–Crippen LogP) is 2.17. The van der Waals surface area contributed by atoms with Gasteiger partial charge in [-0.25, -0.2) is 4.98 Å². The molecule has 0 aliphatic heterocycles. The lowest BCUT2D eigenvalue weighted by molar-refractivity contribution is 0.539. The summed E-state index contributed by atoms with van der Waals surface area (Å²) in [6, 6.07) is 2.33. The molecular formula is C9H12N4S. The van der Waals surface area contributed by atoms with Gasteiger partial charge in [0, 0.05) is 18.4 Å². The number of nitrogens with two attached hydrogens (primary N) is 1. The zero-order chi connectivity index (χ0) is 10.1. The Morgan fingerprint density at radius 2 is 2.29 bits per heavy atom. The summed E-state index contributed by atoms with van der Waals surface area (Å²) in [6.07, 6.45) is 3.58. The summed E-state index contributed by atoms with van der Waals surface area (Å²) in [7, 11) is 0. The van der Waals surface area contributed by atoms with Crippen LogP contribution in [0.15, 0.2) is 18.5 Å². The molecule has 5 heteroatoms. The normalized spacial score (nSPS) is 11.1. The summed E-state index contributed by atoms with van der Waals surface area (Å²) in [5.41, 5.74) is 6.67. The Morgan fingerprint density at radius 3 is 2.86 bits per heavy atom. The number of hydrogen-bond donors (Lipinski definition) is 1. The van der Waals surface area contributed by atoms with E-state index in [9.17, 15) is 0 Å². The quantitative estimate of drug-likeness (QED) is 0.822. The fraction of sp³-hybridized carbons (Fsp3) is 0.333. The van der Waals surface area contributed by atoms with Crippen molar-refractivity contribution in [2.75, 3.05) is 5.73 Å². The van der Waals surface area contributed by atoms with Gasteiger partial charge in [-0.3, -0.25) is 4.68 Å². The lowest BCUT2D eigenvalue weighted by Crippen LogP contribution is -2.03. The van der Waals surface area contributed by atoms with Crippen molar-refractivity contribution in [2.24, 2.45) is 0 Å². The second-order valence-electron chi connectivity index (χ2n) is 3.32. The van der Waals surface area contributed by atoms with Gasteiger partial charge in [-0.1, -0.05) is 11.3 Å². The molecule has 0 fully saturated rings. The maximum Gasteiger partial charge on any atom is 0.180 e. The number of anilines is 1. The molecule has 0 unspecified atom stereocenters. The third-order valence-corrected chi connectivity index (χ3v) is 2.78. The summed E-state index contributed by atoms with van der Waals surface area (Å²) >= 11 is 1.48. The molecule has 4 nitrogen and oxygen atoms in total. The van der Waals surface area contributed by atoms with Gasteiger partial charge in [-0.15, -0.1) is 0 Å². The summed E-state index contributed by atoms with van der Waals surface area (Å²) < 4.78 is 1.97. The van der Waals surface area contributed by atoms with Gasteiger partial charge in [0.2, 0.25) is 0 Å². The van der Waals surface area contributed by atoms with Crippen LogP contribution >= 0.6 is 11.3 Å². The van der Waals surface area contributed by atoms with Gasteiger partial charge in [-0.2, -0.15) is 5.10 Å². The van der Waals surface area contributed by atoms with Crippen molar-refractivity contribution >= 4 is 16.5 Å². The van der Waals surface area contributed by atoms with Crippen LogP contribution in [-0.4, -0.2) is 14.8 Å². The molecule has 2 rings (SSSR count). The van der Waals surface area contributed by atoms with E-state index in [1.807, 2.05) is 10.7 Å². The molecule has 0 aliphatic rings. The monoisotopic (exact) mass is 208 g/mol. The number of rotatable bonds is 2.